The van der Waals surface area contributed by atoms with Crippen LogP contribution in [0.4, 0.5) is 10.5 Å². The Morgan fingerprint density at radius 3 is 2.21 bits per heavy atom. The van der Waals surface area contributed by atoms with Crippen LogP contribution in [0.5, 0.6) is 5.75 Å². The summed E-state index contributed by atoms with van der Waals surface area (Å²) in [6, 6.07) is 5.27. The van der Waals surface area contributed by atoms with E-state index >= 15 is 0 Å². The number of benzene rings is 1. The maximum absolute atomic E-state index is 12.3. The molecule has 0 spiro atoms. The Balaban J connectivity index is 2.96. The fourth-order valence-corrected chi connectivity index (χ4v) is 2.23. The van der Waals surface area contributed by atoms with Crippen LogP contribution in [0.3, 0.4) is 0 Å². The smallest absolute Gasteiger partial charge is 0.412 e. The summed E-state index contributed by atoms with van der Waals surface area (Å²) in [5.41, 5.74) is 0.620. The summed E-state index contributed by atoms with van der Waals surface area (Å²) in [6.45, 7) is 11.5. The van der Waals surface area contributed by atoms with Crippen LogP contribution in [0.15, 0.2) is 18.2 Å². The molecule has 1 N–H and O–H groups in total. The summed E-state index contributed by atoms with van der Waals surface area (Å²) >= 11 is 0. The molecule has 1 aromatic carbocycles. The second-order valence-electron chi connectivity index (χ2n) is 8.10. The molecule has 0 unspecified atom stereocenters. The Kier molecular flexibility index (Phi) is 6.41. The summed E-state index contributed by atoms with van der Waals surface area (Å²) < 4.78 is 10.5. The molecule has 0 aliphatic rings. The van der Waals surface area contributed by atoms with Gasteiger partial charge in [0, 0.05) is 18.9 Å². The molecule has 0 aliphatic heterocycles. The van der Waals surface area contributed by atoms with E-state index in [1.165, 1.54) is 0 Å². The molecule has 0 saturated carbocycles. The van der Waals surface area contributed by atoms with Crippen LogP contribution in [0, 0.1) is 5.41 Å². The first kappa shape index (κ1) is 20.0. The molecule has 1 aromatic rings. The molecule has 0 fully saturated rings. The Labute approximate surface area is 144 Å². The maximum Gasteiger partial charge on any atom is 0.412 e. The summed E-state index contributed by atoms with van der Waals surface area (Å²) in [5.74, 6) is 0.730. The van der Waals surface area contributed by atoms with Gasteiger partial charge in [-0.15, -0.1) is 0 Å². The third-order valence-corrected chi connectivity index (χ3v) is 3.07. The van der Waals surface area contributed by atoms with Gasteiger partial charge >= 0.3 is 6.09 Å². The largest absolute Gasteiger partial charge is 0.497 e. The van der Waals surface area contributed by atoms with Gasteiger partial charge in [0.2, 0.25) is 0 Å². The quantitative estimate of drug-likeness (QED) is 0.854. The molecule has 0 bridgehead atoms. The first-order valence-electron chi connectivity index (χ1n) is 8.08. The number of Topliss-reactive ketones (excluding diaryl/α,β-unsaturated/α-hetero) is 1. The van der Waals surface area contributed by atoms with E-state index < -0.39 is 11.7 Å². The molecule has 0 radical (unpaired) electrons. The highest BCUT2D eigenvalue weighted by atomic mass is 16.6. The number of methoxy groups -OCH3 is 1. The Bertz CT molecular complexity index is 594. The number of anilines is 1. The summed E-state index contributed by atoms with van der Waals surface area (Å²) in [6.07, 6.45) is 0.178. The minimum absolute atomic E-state index is 0.0672. The second kappa shape index (κ2) is 7.69. The Hall–Kier alpha value is -2.04. The molecule has 0 aliphatic carbocycles. The molecular weight excluding hydrogens is 306 g/mol. The number of hydrogen-bond acceptors (Lipinski definition) is 4. The Morgan fingerprint density at radius 2 is 1.71 bits per heavy atom. The van der Waals surface area contributed by atoms with Gasteiger partial charge in [-0.25, -0.2) is 4.79 Å². The van der Waals surface area contributed by atoms with Crippen molar-refractivity contribution < 1.29 is 19.1 Å². The lowest BCUT2D eigenvalue weighted by molar-refractivity contribution is -0.120. The highest BCUT2D eigenvalue weighted by molar-refractivity contribution is 5.89. The molecule has 24 heavy (non-hydrogen) atoms. The van der Waals surface area contributed by atoms with E-state index in [1.54, 1.807) is 46.1 Å². The molecular formula is C19H29NO4. The molecule has 1 rings (SSSR count). The van der Waals surface area contributed by atoms with Crippen LogP contribution in [-0.4, -0.2) is 24.6 Å². The van der Waals surface area contributed by atoms with Crippen LogP contribution in [0.2, 0.25) is 0 Å². The molecule has 5 heteroatoms. The van der Waals surface area contributed by atoms with Crippen molar-refractivity contribution in [2.24, 2.45) is 5.41 Å². The van der Waals surface area contributed by atoms with Crippen molar-refractivity contribution in [2.45, 2.75) is 60.0 Å². The number of hydrogen-bond donors (Lipinski definition) is 1. The van der Waals surface area contributed by atoms with Gasteiger partial charge in [-0.1, -0.05) is 26.8 Å². The number of nitrogens with one attached hydrogen (secondary N) is 1. The predicted molar refractivity (Wildman–Crippen MR) is 95.6 cm³/mol. The fourth-order valence-electron chi connectivity index (χ4n) is 2.23. The highest BCUT2D eigenvalue weighted by Gasteiger charge is 2.20. The lowest BCUT2D eigenvalue weighted by atomic mass is 9.88. The number of amides is 1. The van der Waals surface area contributed by atoms with Crippen molar-refractivity contribution in [3.63, 3.8) is 0 Å². The molecule has 5 nitrogen and oxygen atoms in total. The lowest BCUT2D eigenvalue weighted by Crippen LogP contribution is -2.27. The molecule has 0 aromatic heterocycles. The standard InChI is InChI=1S/C19H29NO4/c1-18(2,3)12-14(21)10-13-8-9-15(23-7)11-16(13)20-17(22)24-19(4,5)6/h8-9,11H,10,12H2,1-7H3,(H,20,22). The highest BCUT2D eigenvalue weighted by Crippen LogP contribution is 2.26. The average molecular weight is 335 g/mol. The topological polar surface area (TPSA) is 64.6 Å². The molecule has 1 amide bonds. The van der Waals surface area contributed by atoms with E-state index in [-0.39, 0.29) is 17.6 Å². The van der Waals surface area contributed by atoms with Crippen molar-refractivity contribution in [3.8, 4) is 5.75 Å². The van der Waals surface area contributed by atoms with E-state index in [0.29, 0.717) is 17.9 Å². The molecule has 0 heterocycles. The monoisotopic (exact) mass is 335 g/mol. The van der Waals surface area contributed by atoms with Crippen molar-refractivity contribution >= 4 is 17.6 Å². The van der Waals surface area contributed by atoms with Crippen molar-refractivity contribution in [1.29, 1.82) is 0 Å². The third kappa shape index (κ3) is 7.49. The summed E-state index contributed by atoms with van der Waals surface area (Å²) in [5, 5.41) is 2.72. The Morgan fingerprint density at radius 1 is 1.08 bits per heavy atom. The number of carbonyl (C=O) groups is 2. The van der Waals surface area contributed by atoms with Gasteiger partial charge < -0.3 is 9.47 Å². The van der Waals surface area contributed by atoms with Gasteiger partial charge in [0.1, 0.15) is 17.1 Å². The third-order valence-electron chi connectivity index (χ3n) is 3.07. The van der Waals surface area contributed by atoms with E-state index in [4.69, 9.17) is 9.47 Å². The predicted octanol–water partition coefficient (Wildman–Crippen LogP) is 4.59. The van der Waals surface area contributed by atoms with Crippen molar-refractivity contribution in [3.05, 3.63) is 23.8 Å². The minimum atomic E-state index is -0.592. The van der Waals surface area contributed by atoms with E-state index in [2.05, 4.69) is 5.32 Å². The van der Waals surface area contributed by atoms with Gasteiger partial charge in [-0.05, 0) is 37.8 Å². The maximum atomic E-state index is 12.3. The number of ether oxygens (including phenoxy) is 2. The van der Waals surface area contributed by atoms with E-state index in [9.17, 15) is 9.59 Å². The van der Waals surface area contributed by atoms with Gasteiger partial charge in [0.15, 0.2) is 0 Å². The first-order chi connectivity index (χ1) is 10.9. The van der Waals surface area contributed by atoms with Crippen molar-refractivity contribution in [1.82, 2.24) is 0 Å². The SMILES string of the molecule is COc1ccc(CC(=O)CC(C)(C)C)c(NC(=O)OC(C)(C)C)c1. The second-order valence-corrected chi connectivity index (χ2v) is 8.10. The van der Waals surface area contributed by atoms with Gasteiger partial charge in [-0.3, -0.25) is 10.1 Å². The zero-order chi connectivity index (χ0) is 18.5. The summed E-state index contributed by atoms with van der Waals surface area (Å²) in [7, 11) is 1.55. The lowest BCUT2D eigenvalue weighted by Gasteiger charge is -2.21. The normalized spacial score (nSPS) is 11.8. The van der Waals surface area contributed by atoms with Crippen LogP contribution in [-0.2, 0) is 16.0 Å². The van der Waals surface area contributed by atoms with Gasteiger partial charge in [-0.2, -0.15) is 0 Å². The van der Waals surface area contributed by atoms with Crippen LogP contribution < -0.4 is 10.1 Å². The molecule has 134 valence electrons. The van der Waals surface area contributed by atoms with Crippen molar-refractivity contribution in [2.75, 3.05) is 12.4 Å². The fraction of sp³-hybridized carbons (Fsp3) is 0.579. The number of carbonyl (C=O) groups excluding carboxylic acids is 2. The zero-order valence-electron chi connectivity index (χ0n) is 15.8. The van der Waals surface area contributed by atoms with Crippen LogP contribution in [0.25, 0.3) is 0 Å². The van der Waals surface area contributed by atoms with Gasteiger partial charge in [0.05, 0.1) is 12.8 Å². The van der Waals surface area contributed by atoms with Crippen LogP contribution >= 0.6 is 0 Å². The van der Waals surface area contributed by atoms with Crippen LogP contribution in [0.1, 0.15) is 53.5 Å². The number of rotatable bonds is 5. The van der Waals surface area contributed by atoms with E-state index in [1.807, 2.05) is 20.8 Å². The molecule has 0 saturated heterocycles. The van der Waals surface area contributed by atoms with Gasteiger partial charge in [0.25, 0.3) is 0 Å². The zero-order valence-corrected chi connectivity index (χ0v) is 15.8. The minimum Gasteiger partial charge on any atom is -0.497 e. The molecule has 0 atom stereocenters. The first-order valence-corrected chi connectivity index (χ1v) is 8.08. The summed E-state index contributed by atoms with van der Waals surface area (Å²) in [4.78, 5) is 24.3. The van der Waals surface area contributed by atoms with E-state index in [0.717, 1.165) is 5.56 Å². The average Bonchev–Trinajstić information content (AvgIpc) is 2.36. The number of ketones is 1.